The third-order valence-electron chi connectivity index (χ3n) is 4.30. The maximum absolute atomic E-state index is 12.4. The zero-order valence-corrected chi connectivity index (χ0v) is 14.1. The van der Waals surface area contributed by atoms with Crippen LogP contribution < -0.4 is 15.4 Å². The number of pyridine rings is 1. The third kappa shape index (κ3) is 4.11. The molecule has 1 fully saturated rings. The monoisotopic (exact) mass is 325 g/mol. The average molecular weight is 325 g/mol. The van der Waals surface area contributed by atoms with Crippen LogP contribution in [0.4, 0.5) is 5.69 Å². The maximum Gasteiger partial charge on any atom is 0.227 e. The highest BCUT2D eigenvalue weighted by molar-refractivity contribution is 5.92. The summed E-state index contributed by atoms with van der Waals surface area (Å²) in [4.78, 5) is 16.5. The molecule has 24 heavy (non-hydrogen) atoms. The highest BCUT2D eigenvalue weighted by Gasteiger charge is 2.24. The van der Waals surface area contributed by atoms with Gasteiger partial charge in [-0.25, -0.2) is 0 Å². The van der Waals surface area contributed by atoms with Gasteiger partial charge >= 0.3 is 0 Å². The number of ether oxygens (including phenoxy) is 1. The maximum atomic E-state index is 12.4. The van der Waals surface area contributed by atoms with Crippen molar-refractivity contribution >= 4 is 11.6 Å². The number of anilines is 1. The van der Waals surface area contributed by atoms with Gasteiger partial charge in [0.25, 0.3) is 0 Å². The minimum Gasteiger partial charge on any atom is -0.455 e. The van der Waals surface area contributed by atoms with E-state index in [1.54, 1.807) is 12.4 Å². The molecular formula is C19H23N3O2. The van der Waals surface area contributed by atoms with Crippen LogP contribution in [0.5, 0.6) is 11.5 Å². The van der Waals surface area contributed by atoms with E-state index in [9.17, 15) is 4.79 Å². The summed E-state index contributed by atoms with van der Waals surface area (Å²) in [6.07, 6.45) is 5.15. The average Bonchev–Trinajstić information content (AvgIpc) is 2.58. The number of aryl methyl sites for hydroxylation is 1. The van der Waals surface area contributed by atoms with Gasteiger partial charge in [0.15, 0.2) is 0 Å². The second kappa shape index (κ2) is 7.45. The first-order chi connectivity index (χ1) is 11.6. The third-order valence-corrected chi connectivity index (χ3v) is 4.30. The highest BCUT2D eigenvalue weighted by atomic mass is 16.5. The predicted octanol–water partition coefficient (Wildman–Crippen LogP) is 3.51. The lowest BCUT2D eigenvalue weighted by Gasteiger charge is -2.27. The molecule has 0 saturated carbocycles. The molecular weight excluding hydrogens is 302 g/mol. The van der Waals surface area contributed by atoms with E-state index in [1.807, 2.05) is 37.3 Å². The summed E-state index contributed by atoms with van der Waals surface area (Å²) in [5, 5.41) is 6.40. The summed E-state index contributed by atoms with van der Waals surface area (Å²) < 4.78 is 5.82. The number of carbonyl (C=O) groups is 1. The molecule has 1 aromatic carbocycles. The molecule has 0 unspecified atom stereocenters. The van der Waals surface area contributed by atoms with Crippen molar-refractivity contribution < 1.29 is 9.53 Å². The molecule has 3 rings (SSSR count). The number of carbonyl (C=O) groups excluding carboxylic acids is 1. The number of hydrogen-bond donors (Lipinski definition) is 2. The van der Waals surface area contributed by atoms with Crippen LogP contribution in [0.2, 0.25) is 0 Å². The predicted molar refractivity (Wildman–Crippen MR) is 94.3 cm³/mol. The summed E-state index contributed by atoms with van der Waals surface area (Å²) in [6, 6.07) is 9.78. The van der Waals surface area contributed by atoms with Gasteiger partial charge in [0.2, 0.25) is 5.91 Å². The van der Waals surface area contributed by atoms with E-state index in [2.05, 4.69) is 22.5 Å². The lowest BCUT2D eigenvalue weighted by atomic mass is 9.92. The van der Waals surface area contributed by atoms with Crippen molar-refractivity contribution in [3.8, 4) is 11.5 Å². The minimum atomic E-state index is 0.0767. The van der Waals surface area contributed by atoms with Crippen molar-refractivity contribution in [3.05, 3.63) is 48.3 Å². The van der Waals surface area contributed by atoms with Gasteiger partial charge in [-0.3, -0.25) is 9.78 Å². The zero-order valence-electron chi connectivity index (χ0n) is 14.1. The SMILES string of the molecule is Cc1cc(NC(=O)[C@H]2CCN[C@@H](C)C2)ccc1Oc1cccnc1. The molecule has 1 amide bonds. The molecule has 1 saturated heterocycles. The van der Waals surface area contributed by atoms with E-state index >= 15 is 0 Å². The fourth-order valence-electron chi connectivity index (χ4n) is 2.99. The van der Waals surface area contributed by atoms with Crippen LogP contribution in [0.15, 0.2) is 42.7 Å². The molecule has 0 spiro atoms. The Morgan fingerprint density at radius 2 is 2.25 bits per heavy atom. The van der Waals surface area contributed by atoms with Crippen LogP contribution in [0, 0.1) is 12.8 Å². The molecule has 2 heterocycles. The second-order valence-corrected chi connectivity index (χ2v) is 6.34. The zero-order chi connectivity index (χ0) is 16.9. The van der Waals surface area contributed by atoms with Crippen molar-refractivity contribution in [2.75, 3.05) is 11.9 Å². The van der Waals surface area contributed by atoms with Crippen LogP contribution in [-0.4, -0.2) is 23.5 Å². The van der Waals surface area contributed by atoms with E-state index in [0.29, 0.717) is 11.8 Å². The van der Waals surface area contributed by atoms with Crippen molar-refractivity contribution in [3.63, 3.8) is 0 Å². The number of aromatic nitrogens is 1. The number of piperidine rings is 1. The Kier molecular flexibility index (Phi) is 5.11. The van der Waals surface area contributed by atoms with Crippen LogP contribution in [0.3, 0.4) is 0 Å². The smallest absolute Gasteiger partial charge is 0.227 e. The number of hydrogen-bond acceptors (Lipinski definition) is 4. The fraction of sp³-hybridized carbons (Fsp3) is 0.368. The van der Waals surface area contributed by atoms with E-state index in [4.69, 9.17) is 4.74 Å². The highest BCUT2D eigenvalue weighted by Crippen LogP contribution is 2.27. The Labute approximate surface area is 142 Å². The van der Waals surface area contributed by atoms with Crippen LogP contribution in [-0.2, 0) is 4.79 Å². The summed E-state index contributed by atoms with van der Waals surface area (Å²) >= 11 is 0. The van der Waals surface area contributed by atoms with Crippen LogP contribution in [0.1, 0.15) is 25.3 Å². The quantitative estimate of drug-likeness (QED) is 0.903. The first kappa shape index (κ1) is 16.5. The molecule has 5 heteroatoms. The Morgan fingerprint density at radius 3 is 2.96 bits per heavy atom. The Hall–Kier alpha value is -2.40. The van der Waals surface area contributed by atoms with E-state index in [0.717, 1.165) is 36.4 Å². The standard InChI is InChI=1S/C19H23N3O2/c1-13-10-16(22-19(23)15-7-9-21-14(2)11-15)5-6-18(13)24-17-4-3-8-20-12-17/h3-6,8,10,12,14-15,21H,7,9,11H2,1-2H3,(H,22,23)/t14-,15-/m0/s1. The number of benzene rings is 1. The number of nitrogens with zero attached hydrogens (tertiary/aromatic N) is 1. The molecule has 2 N–H and O–H groups in total. The molecule has 0 aliphatic carbocycles. The Balaban J connectivity index is 1.65. The molecule has 126 valence electrons. The summed E-state index contributed by atoms with van der Waals surface area (Å²) in [6.45, 7) is 4.98. The van der Waals surface area contributed by atoms with Gasteiger partial charge in [-0.15, -0.1) is 0 Å². The van der Waals surface area contributed by atoms with Crippen molar-refractivity contribution in [2.24, 2.45) is 5.92 Å². The molecule has 2 aromatic rings. The van der Waals surface area contributed by atoms with Gasteiger partial charge in [0.1, 0.15) is 11.5 Å². The van der Waals surface area contributed by atoms with Crippen molar-refractivity contribution in [1.29, 1.82) is 0 Å². The number of nitrogens with one attached hydrogen (secondary N) is 2. The van der Waals surface area contributed by atoms with Crippen LogP contribution >= 0.6 is 0 Å². The molecule has 2 atom stereocenters. The largest absolute Gasteiger partial charge is 0.455 e. The van der Waals surface area contributed by atoms with Gasteiger partial charge in [0, 0.05) is 23.8 Å². The summed E-state index contributed by atoms with van der Waals surface area (Å²) in [5.74, 6) is 1.63. The molecule has 0 radical (unpaired) electrons. The minimum absolute atomic E-state index is 0.0767. The second-order valence-electron chi connectivity index (χ2n) is 6.34. The van der Waals surface area contributed by atoms with Crippen molar-refractivity contribution in [1.82, 2.24) is 10.3 Å². The van der Waals surface area contributed by atoms with Gasteiger partial charge in [0.05, 0.1) is 6.20 Å². The summed E-state index contributed by atoms with van der Waals surface area (Å²) in [7, 11) is 0. The Bertz CT molecular complexity index is 703. The first-order valence-electron chi connectivity index (χ1n) is 8.34. The molecule has 1 aliphatic rings. The molecule has 1 aliphatic heterocycles. The topological polar surface area (TPSA) is 63.2 Å². The number of rotatable bonds is 4. The lowest BCUT2D eigenvalue weighted by Crippen LogP contribution is -2.40. The lowest BCUT2D eigenvalue weighted by molar-refractivity contribution is -0.120. The Morgan fingerprint density at radius 1 is 1.38 bits per heavy atom. The van der Waals surface area contributed by atoms with Crippen LogP contribution in [0.25, 0.3) is 0 Å². The van der Waals surface area contributed by atoms with Crippen molar-refractivity contribution in [2.45, 2.75) is 32.7 Å². The van der Waals surface area contributed by atoms with Gasteiger partial charge < -0.3 is 15.4 Å². The van der Waals surface area contributed by atoms with E-state index in [-0.39, 0.29) is 11.8 Å². The molecule has 1 aromatic heterocycles. The number of amides is 1. The van der Waals surface area contributed by atoms with E-state index in [1.165, 1.54) is 0 Å². The first-order valence-corrected chi connectivity index (χ1v) is 8.34. The fourth-order valence-corrected chi connectivity index (χ4v) is 2.99. The summed E-state index contributed by atoms with van der Waals surface area (Å²) in [5.41, 5.74) is 1.78. The van der Waals surface area contributed by atoms with Gasteiger partial charge in [-0.05, 0) is 69.1 Å². The van der Waals surface area contributed by atoms with Gasteiger partial charge in [-0.1, -0.05) is 0 Å². The van der Waals surface area contributed by atoms with Gasteiger partial charge in [-0.2, -0.15) is 0 Å². The van der Waals surface area contributed by atoms with E-state index < -0.39 is 0 Å². The molecule has 5 nitrogen and oxygen atoms in total. The normalized spacial score (nSPS) is 20.4. The molecule has 0 bridgehead atoms.